The second kappa shape index (κ2) is 23.4. The van der Waals surface area contributed by atoms with Crippen LogP contribution in [0.3, 0.4) is 0 Å². The lowest BCUT2D eigenvalue weighted by Gasteiger charge is -2.06. The second-order valence-corrected chi connectivity index (χ2v) is 7.88. The Morgan fingerprint density at radius 3 is 1.59 bits per heavy atom. The Morgan fingerprint density at radius 1 is 0.630 bits per heavy atom. The number of aliphatic hydroxyl groups excluding tert-OH is 1. The molecule has 0 heterocycles. The summed E-state index contributed by atoms with van der Waals surface area (Å²) in [5.74, 6) is 0.187. The average molecular weight is 385 g/mol. The summed E-state index contributed by atoms with van der Waals surface area (Å²) < 4.78 is 0. The van der Waals surface area contributed by atoms with Crippen molar-refractivity contribution in [2.24, 2.45) is 0 Å². The van der Waals surface area contributed by atoms with E-state index in [2.05, 4.69) is 17.6 Å². The van der Waals surface area contributed by atoms with Gasteiger partial charge >= 0.3 is 0 Å². The van der Waals surface area contributed by atoms with Crippen molar-refractivity contribution >= 4 is 5.91 Å². The van der Waals surface area contributed by atoms with E-state index in [0.29, 0.717) is 13.0 Å². The smallest absolute Gasteiger partial charge is 0.219 e. The Hall–Kier alpha value is -0.610. The Kier molecular flexibility index (Phi) is 22.9. The first-order valence-electron chi connectivity index (χ1n) is 11.9. The molecule has 0 atom stereocenters. The molecule has 0 saturated heterocycles. The first-order chi connectivity index (χ1) is 13.3. The van der Waals surface area contributed by atoms with Crippen LogP contribution < -0.4 is 10.6 Å². The van der Waals surface area contributed by atoms with E-state index in [1.54, 1.807) is 0 Å². The van der Waals surface area contributed by atoms with E-state index in [4.69, 9.17) is 5.11 Å². The summed E-state index contributed by atoms with van der Waals surface area (Å²) in [4.78, 5) is 11.7. The van der Waals surface area contributed by atoms with Gasteiger partial charge in [-0.2, -0.15) is 0 Å². The maximum absolute atomic E-state index is 11.7. The monoisotopic (exact) mass is 384 g/mol. The van der Waals surface area contributed by atoms with Crippen molar-refractivity contribution in [1.29, 1.82) is 0 Å². The molecule has 0 aliphatic heterocycles. The molecule has 0 aliphatic carbocycles. The molecule has 0 spiro atoms. The van der Waals surface area contributed by atoms with Crippen molar-refractivity contribution in [2.75, 3.05) is 26.2 Å². The zero-order valence-corrected chi connectivity index (χ0v) is 18.2. The summed E-state index contributed by atoms with van der Waals surface area (Å²) in [5.41, 5.74) is 0. The van der Waals surface area contributed by atoms with Crippen LogP contribution in [0.25, 0.3) is 0 Å². The first-order valence-corrected chi connectivity index (χ1v) is 11.9. The molecule has 3 N–H and O–H groups in total. The van der Waals surface area contributed by atoms with Gasteiger partial charge in [0.25, 0.3) is 0 Å². The zero-order chi connectivity index (χ0) is 19.8. The van der Waals surface area contributed by atoms with Gasteiger partial charge in [-0.25, -0.2) is 0 Å². The Bertz CT molecular complexity index is 298. The number of hydrogen-bond acceptors (Lipinski definition) is 3. The van der Waals surface area contributed by atoms with Gasteiger partial charge in [-0.1, -0.05) is 96.8 Å². The summed E-state index contributed by atoms with van der Waals surface area (Å²) in [6.07, 6.45) is 21.9. The molecule has 0 aromatic rings. The lowest BCUT2D eigenvalue weighted by atomic mass is 10.0. The minimum atomic E-state index is 0.172. The predicted molar refractivity (Wildman–Crippen MR) is 117 cm³/mol. The molecule has 4 heteroatoms. The van der Waals surface area contributed by atoms with Gasteiger partial charge in [-0.3, -0.25) is 4.79 Å². The highest BCUT2D eigenvalue weighted by molar-refractivity contribution is 5.75. The second-order valence-electron chi connectivity index (χ2n) is 7.88. The van der Waals surface area contributed by atoms with Gasteiger partial charge in [0.05, 0.1) is 6.61 Å². The quantitative estimate of drug-likeness (QED) is 0.221. The number of unbranched alkanes of at least 4 members (excludes halogenated alkanes) is 14. The molecule has 27 heavy (non-hydrogen) atoms. The summed E-state index contributed by atoms with van der Waals surface area (Å²) in [6, 6.07) is 0. The molecule has 0 radical (unpaired) electrons. The number of rotatable bonds is 22. The van der Waals surface area contributed by atoms with E-state index < -0.39 is 0 Å². The zero-order valence-electron chi connectivity index (χ0n) is 18.2. The molecular formula is C23H48N2O2. The van der Waals surface area contributed by atoms with Gasteiger partial charge in [0.2, 0.25) is 5.91 Å². The highest BCUT2D eigenvalue weighted by Crippen LogP contribution is 2.13. The molecule has 0 aromatic carbocycles. The largest absolute Gasteiger partial charge is 0.395 e. The van der Waals surface area contributed by atoms with E-state index in [1.165, 1.54) is 89.9 Å². The van der Waals surface area contributed by atoms with Crippen molar-refractivity contribution in [3.05, 3.63) is 0 Å². The maximum atomic E-state index is 11.7. The molecule has 0 aromatic heterocycles. The third-order valence-electron chi connectivity index (χ3n) is 5.15. The van der Waals surface area contributed by atoms with E-state index in [1.807, 2.05) is 0 Å². The minimum absolute atomic E-state index is 0.172. The van der Waals surface area contributed by atoms with Gasteiger partial charge in [0.1, 0.15) is 0 Å². The third-order valence-corrected chi connectivity index (χ3v) is 5.15. The Balaban J connectivity index is 3.10. The highest BCUT2D eigenvalue weighted by Gasteiger charge is 2.00. The highest BCUT2D eigenvalue weighted by atomic mass is 16.3. The number of hydrogen-bond donors (Lipinski definition) is 3. The molecule has 4 nitrogen and oxygen atoms in total. The Labute approximate surface area is 169 Å². The van der Waals surface area contributed by atoms with Gasteiger partial charge in [-0.05, 0) is 19.4 Å². The number of aliphatic hydroxyl groups is 1. The van der Waals surface area contributed by atoms with Crippen LogP contribution in [0, 0.1) is 0 Å². The number of amides is 1. The standard InChI is InChI=1S/C23H48N2O2/c1-2-3-4-5-6-7-8-9-10-11-12-13-14-15-16-18-23(27)25-20-17-19-24-21-22-26/h24,26H,2-22H2,1H3,(H,25,27). The predicted octanol–water partition coefficient (Wildman–Crippen LogP) is 5.34. The van der Waals surface area contributed by atoms with Crippen LogP contribution in [-0.4, -0.2) is 37.3 Å². The molecule has 0 fully saturated rings. The SMILES string of the molecule is CCCCCCCCCCCCCCCCCC(=O)NCCCNCCO. The van der Waals surface area contributed by atoms with Gasteiger partial charge in [0, 0.05) is 19.5 Å². The van der Waals surface area contributed by atoms with Crippen molar-refractivity contribution in [3.8, 4) is 0 Å². The van der Waals surface area contributed by atoms with E-state index in [0.717, 1.165) is 25.9 Å². The third kappa shape index (κ3) is 23.4. The summed E-state index contributed by atoms with van der Waals surface area (Å²) in [7, 11) is 0. The maximum Gasteiger partial charge on any atom is 0.219 e. The summed E-state index contributed by atoms with van der Waals surface area (Å²) in [5, 5.41) is 14.7. The fourth-order valence-electron chi connectivity index (χ4n) is 3.39. The van der Waals surface area contributed by atoms with Crippen LogP contribution in [0.5, 0.6) is 0 Å². The van der Waals surface area contributed by atoms with Gasteiger partial charge in [-0.15, -0.1) is 0 Å². The number of carbonyl (C=O) groups is 1. The molecule has 1 amide bonds. The summed E-state index contributed by atoms with van der Waals surface area (Å²) in [6.45, 7) is 4.66. The fraction of sp³-hybridized carbons (Fsp3) is 0.957. The van der Waals surface area contributed by atoms with Crippen LogP contribution in [0.4, 0.5) is 0 Å². The van der Waals surface area contributed by atoms with Crippen molar-refractivity contribution < 1.29 is 9.90 Å². The van der Waals surface area contributed by atoms with E-state index in [-0.39, 0.29) is 12.5 Å². The van der Waals surface area contributed by atoms with Crippen molar-refractivity contribution in [1.82, 2.24) is 10.6 Å². The van der Waals surface area contributed by atoms with E-state index >= 15 is 0 Å². The summed E-state index contributed by atoms with van der Waals surface area (Å²) >= 11 is 0. The van der Waals surface area contributed by atoms with Crippen LogP contribution >= 0.6 is 0 Å². The fourth-order valence-corrected chi connectivity index (χ4v) is 3.39. The minimum Gasteiger partial charge on any atom is -0.395 e. The first kappa shape index (κ1) is 26.4. The number of nitrogens with one attached hydrogen (secondary N) is 2. The normalized spacial score (nSPS) is 11.0. The molecule has 0 aliphatic rings. The van der Waals surface area contributed by atoms with Crippen LogP contribution in [0.2, 0.25) is 0 Å². The molecule has 0 rings (SSSR count). The lowest BCUT2D eigenvalue weighted by Crippen LogP contribution is -2.27. The molecule has 162 valence electrons. The molecular weight excluding hydrogens is 336 g/mol. The molecule has 0 unspecified atom stereocenters. The topological polar surface area (TPSA) is 61.4 Å². The Morgan fingerprint density at radius 2 is 1.11 bits per heavy atom. The van der Waals surface area contributed by atoms with Crippen LogP contribution in [0.1, 0.15) is 116 Å². The van der Waals surface area contributed by atoms with Crippen LogP contribution in [-0.2, 0) is 4.79 Å². The molecule has 0 bridgehead atoms. The average Bonchev–Trinajstić information content (AvgIpc) is 2.67. The lowest BCUT2D eigenvalue weighted by molar-refractivity contribution is -0.121. The van der Waals surface area contributed by atoms with Crippen LogP contribution in [0.15, 0.2) is 0 Å². The van der Waals surface area contributed by atoms with Crippen molar-refractivity contribution in [2.45, 2.75) is 116 Å². The van der Waals surface area contributed by atoms with E-state index in [9.17, 15) is 4.79 Å². The van der Waals surface area contributed by atoms with Gasteiger partial charge < -0.3 is 15.7 Å². The number of carbonyl (C=O) groups excluding carboxylic acids is 1. The van der Waals surface area contributed by atoms with Gasteiger partial charge in [0.15, 0.2) is 0 Å². The molecule has 0 saturated carbocycles. The van der Waals surface area contributed by atoms with Crippen molar-refractivity contribution in [3.63, 3.8) is 0 Å².